The van der Waals surface area contributed by atoms with Crippen LogP contribution < -0.4 is 5.32 Å². The van der Waals surface area contributed by atoms with Crippen LogP contribution in [0.4, 0.5) is 9.52 Å². The minimum Gasteiger partial charge on any atom is -0.298 e. The van der Waals surface area contributed by atoms with E-state index < -0.39 is 5.13 Å². The van der Waals surface area contributed by atoms with Crippen LogP contribution in [0.25, 0.3) is 5.65 Å². The molecule has 0 saturated heterocycles. The smallest absolute Gasteiger partial charge is 0.261 e. The molecule has 0 spiro atoms. The molecule has 21 heavy (non-hydrogen) atoms. The number of fused-ring (bicyclic) bond motifs is 3. The lowest BCUT2D eigenvalue weighted by molar-refractivity contribution is 0.102. The van der Waals surface area contributed by atoms with Gasteiger partial charge in [-0.3, -0.25) is 14.5 Å². The molecular formula is C13H10FN5OS. The van der Waals surface area contributed by atoms with Crippen molar-refractivity contribution < 1.29 is 9.18 Å². The third-order valence-electron chi connectivity index (χ3n) is 3.57. The quantitative estimate of drug-likeness (QED) is 0.786. The summed E-state index contributed by atoms with van der Waals surface area (Å²) >= 11 is 0.791. The topological polar surface area (TPSA) is 72.2 Å². The van der Waals surface area contributed by atoms with Crippen molar-refractivity contribution in [3.05, 3.63) is 40.5 Å². The molecule has 6 nitrogen and oxygen atoms in total. The van der Waals surface area contributed by atoms with E-state index in [0.717, 1.165) is 48.1 Å². The van der Waals surface area contributed by atoms with E-state index in [2.05, 4.69) is 20.5 Å². The number of anilines is 1. The van der Waals surface area contributed by atoms with Gasteiger partial charge in [0.05, 0.1) is 11.8 Å². The van der Waals surface area contributed by atoms with E-state index in [1.165, 1.54) is 0 Å². The minimum absolute atomic E-state index is 0.232. The zero-order valence-corrected chi connectivity index (χ0v) is 11.7. The molecule has 4 rings (SSSR count). The molecule has 0 atom stereocenters. The molecule has 1 aliphatic carbocycles. The molecule has 3 heterocycles. The van der Waals surface area contributed by atoms with E-state index >= 15 is 0 Å². The van der Waals surface area contributed by atoms with Gasteiger partial charge in [0.15, 0.2) is 15.9 Å². The van der Waals surface area contributed by atoms with Crippen LogP contribution in [0, 0.1) is 5.13 Å². The molecule has 0 aromatic carbocycles. The van der Waals surface area contributed by atoms with Crippen molar-refractivity contribution in [3.8, 4) is 0 Å². The molecule has 0 fully saturated rings. The Kier molecular flexibility index (Phi) is 2.71. The van der Waals surface area contributed by atoms with E-state index in [1.54, 1.807) is 6.33 Å². The molecule has 1 aliphatic rings. The van der Waals surface area contributed by atoms with E-state index in [9.17, 15) is 9.18 Å². The Morgan fingerprint density at radius 1 is 1.43 bits per heavy atom. The molecule has 0 radical (unpaired) electrons. The molecule has 3 aromatic heterocycles. The summed E-state index contributed by atoms with van der Waals surface area (Å²) in [7, 11) is 0. The number of aryl methyl sites for hydroxylation is 2. The lowest BCUT2D eigenvalue weighted by Gasteiger charge is -2.08. The number of carbonyl (C=O) groups excluding carboxylic acids is 1. The standard InChI is InChI=1S/C13H10FN5OS/c14-10-5-15-13(21-10)17-12(20)8-4-7-2-1-3-9(7)19-6-16-18-11(8)19/h4-6H,1-3H2,(H,15,17,20). The zero-order chi connectivity index (χ0) is 14.4. The van der Waals surface area contributed by atoms with Gasteiger partial charge in [-0.1, -0.05) is 11.3 Å². The fraction of sp³-hybridized carbons (Fsp3) is 0.231. The highest BCUT2D eigenvalue weighted by Crippen LogP contribution is 2.26. The van der Waals surface area contributed by atoms with Crippen LogP contribution in [-0.2, 0) is 12.8 Å². The maximum absolute atomic E-state index is 12.9. The monoisotopic (exact) mass is 303 g/mol. The Balaban J connectivity index is 1.78. The van der Waals surface area contributed by atoms with E-state index in [0.29, 0.717) is 11.2 Å². The molecular weight excluding hydrogens is 293 g/mol. The molecule has 0 saturated carbocycles. The fourth-order valence-electron chi connectivity index (χ4n) is 2.68. The number of rotatable bonds is 2. The second-order valence-corrected chi connectivity index (χ2v) is 5.81. The third kappa shape index (κ3) is 1.99. The van der Waals surface area contributed by atoms with Crippen LogP contribution in [0.2, 0.25) is 0 Å². The maximum atomic E-state index is 12.9. The zero-order valence-electron chi connectivity index (χ0n) is 10.8. The van der Waals surface area contributed by atoms with Crippen molar-refractivity contribution in [2.45, 2.75) is 19.3 Å². The fourth-order valence-corrected chi connectivity index (χ4v) is 3.22. The molecule has 0 bridgehead atoms. The predicted octanol–water partition coefficient (Wildman–Crippen LogP) is 2.07. The number of aromatic nitrogens is 4. The highest BCUT2D eigenvalue weighted by atomic mass is 32.1. The van der Waals surface area contributed by atoms with Crippen molar-refractivity contribution >= 4 is 28.0 Å². The summed E-state index contributed by atoms with van der Waals surface area (Å²) in [6, 6.07) is 1.85. The van der Waals surface area contributed by atoms with Crippen molar-refractivity contribution in [1.29, 1.82) is 0 Å². The van der Waals surface area contributed by atoms with Gasteiger partial charge in [0, 0.05) is 5.69 Å². The van der Waals surface area contributed by atoms with Crippen molar-refractivity contribution in [2.24, 2.45) is 0 Å². The first-order chi connectivity index (χ1) is 10.2. The van der Waals surface area contributed by atoms with Gasteiger partial charge in [0.2, 0.25) is 0 Å². The minimum atomic E-state index is -0.438. The summed E-state index contributed by atoms with van der Waals surface area (Å²) in [6.45, 7) is 0. The lowest BCUT2D eigenvalue weighted by atomic mass is 10.1. The second-order valence-electron chi connectivity index (χ2n) is 4.83. The highest BCUT2D eigenvalue weighted by Gasteiger charge is 2.22. The molecule has 3 aromatic rings. The van der Waals surface area contributed by atoms with Crippen molar-refractivity contribution in [2.75, 3.05) is 5.32 Å². The van der Waals surface area contributed by atoms with Gasteiger partial charge in [-0.2, -0.15) is 4.39 Å². The van der Waals surface area contributed by atoms with Gasteiger partial charge >= 0.3 is 0 Å². The Labute approximate surface area is 122 Å². The summed E-state index contributed by atoms with van der Waals surface area (Å²) in [5, 5.41) is 10.3. The van der Waals surface area contributed by atoms with Gasteiger partial charge in [-0.15, -0.1) is 10.2 Å². The van der Waals surface area contributed by atoms with Gasteiger partial charge in [-0.05, 0) is 30.9 Å². The molecule has 1 amide bonds. The van der Waals surface area contributed by atoms with Crippen LogP contribution >= 0.6 is 11.3 Å². The lowest BCUT2D eigenvalue weighted by Crippen LogP contribution is -2.14. The number of pyridine rings is 1. The van der Waals surface area contributed by atoms with Gasteiger partial charge < -0.3 is 0 Å². The first-order valence-corrected chi connectivity index (χ1v) is 7.31. The summed E-state index contributed by atoms with van der Waals surface area (Å²) in [5.41, 5.74) is 3.25. The first kappa shape index (κ1) is 12.4. The van der Waals surface area contributed by atoms with Gasteiger partial charge in [-0.25, -0.2) is 4.98 Å². The molecule has 1 N–H and O–H groups in total. The maximum Gasteiger partial charge on any atom is 0.261 e. The number of thiazole rings is 1. The Hall–Kier alpha value is -2.35. The number of amides is 1. The van der Waals surface area contributed by atoms with Crippen molar-refractivity contribution in [3.63, 3.8) is 0 Å². The van der Waals surface area contributed by atoms with E-state index in [-0.39, 0.29) is 11.0 Å². The summed E-state index contributed by atoms with van der Waals surface area (Å²) < 4.78 is 14.8. The van der Waals surface area contributed by atoms with Crippen LogP contribution in [0.15, 0.2) is 18.6 Å². The largest absolute Gasteiger partial charge is 0.298 e. The average molecular weight is 303 g/mol. The number of halogens is 1. The van der Waals surface area contributed by atoms with Gasteiger partial charge in [0.1, 0.15) is 6.33 Å². The second kappa shape index (κ2) is 4.59. The number of hydrogen-bond donors (Lipinski definition) is 1. The molecule has 0 aliphatic heterocycles. The Bertz CT molecular complexity index is 855. The normalized spacial score (nSPS) is 13.6. The molecule has 0 unspecified atom stereocenters. The molecule has 106 valence electrons. The van der Waals surface area contributed by atoms with Crippen LogP contribution in [-0.4, -0.2) is 25.5 Å². The van der Waals surface area contributed by atoms with E-state index in [1.807, 2.05) is 10.5 Å². The summed E-state index contributed by atoms with van der Waals surface area (Å²) in [5.74, 6) is -0.350. The Morgan fingerprint density at radius 3 is 3.14 bits per heavy atom. The van der Waals surface area contributed by atoms with Crippen molar-refractivity contribution in [1.82, 2.24) is 19.6 Å². The summed E-state index contributed by atoms with van der Waals surface area (Å²) in [6.07, 6.45) is 5.67. The number of nitrogens with one attached hydrogen (secondary N) is 1. The van der Waals surface area contributed by atoms with Crippen LogP contribution in [0.1, 0.15) is 28.0 Å². The predicted molar refractivity (Wildman–Crippen MR) is 75.0 cm³/mol. The van der Waals surface area contributed by atoms with E-state index in [4.69, 9.17) is 0 Å². The van der Waals surface area contributed by atoms with Gasteiger partial charge in [0.25, 0.3) is 5.91 Å². The number of nitrogens with zero attached hydrogens (tertiary/aromatic N) is 4. The van der Waals surface area contributed by atoms with Crippen LogP contribution in [0.3, 0.4) is 0 Å². The average Bonchev–Trinajstić information content (AvgIpc) is 3.15. The van der Waals surface area contributed by atoms with Crippen LogP contribution in [0.5, 0.6) is 0 Å². The highest BCUT2D eigenvalue weighted by molar-refractivity contribution is 7.14. The molecule has 8 heteroatoms. The Morgan fingerprint density at radius 2 is 2.33 bits per heavy atom. The number of carbonyl (C=O) groups is 1. The summed E-state index contributed by atoms with van der Waals surface area (Å²) in [4.78, 5) is 16.2. The SMILES string of the molecule is O=C(Nc1ncc(F)s1)c1cc2c(n3cnnc13)CCC2. The number of hydrogen-bond acceptors (Lipinski definition) is 5. The third-order valence-corrected chi connectivity index (χ3v) is 4.27. The first-order valence-electron chi connectivity index (χ1n) is 6.49.